The lowest BCUT2D eigenvalue weighted by atomic mass is 10.2. The number of urea groups is 1. The molecule has 0 fully saturated rings. The Hall–Kier alpha value is -1.92. The van der Waals surface area contributed by atoms with Crippen molar-refractivity contribution >= 4 is 17.4 Å². The largest absolute Gasteiger partial charge is 0.395 e. The Labute approximate surface area is 141 Å². The number of benzene rings is 1. The van der Waals surface area contributed by atoms with Crippen LogP contribution in [0.2, 0.25) is 0 Å². The van der Waals surface area contributed by atoms with Gasteiger partial charge in [-0.3, -0.25) is 0 Å². The van der Waals surface area contributed by atoms with Crippen LogP contribution in [0.5, 0.6) is 0 Å². The molecule has 6 heteroatoms. The minimum atomic E-state index is -0.151. The van der Waals surface area contributed by atoms with E-state index in [1.165, 1.54) is 4.88 Å². The van der Waals surface area contributed by atoms with Crippen molar-refractivity contribution in [3.8, 4) is 0 Å². The zero-order valence-corrected chi connectivity index (χ0v) is 14.4. The fourth-order valence-corrected chi connectivity index (χ4v) is 3.31. The number of nitrogens with one attached hydrogen (secondary N) is 1. The van der Waals surface area contributed by atoms with Gasteiger partial charge in [-0.1, -0.05) is 30.3 Å². The van der Waals surface area contributed by atoms with E-state index in [2.05, 4.69) is 10.3 Å². The van der Waals surface area contributed by atoms with Gasteiger partial charge >= 0.3 is 6.03 Å². The molecule has 0 saturated heterocycles. The van der Waals surface area contributed by atoms with E-state index in [1.807, 2.05) is 44.2 Å². The van der Waals surface area contributed by atoms with Crippen LogP contribution in [0.25, 0.3) is 0 Å². The van der Waals surface area contributed by atoms with E-state index >= 15 is 0 Å². The van der Waals surface area contributed by atoms with Crippen molar-refractivity contribution in [3.05, 3.63) is 51.5 Å². The van der Waals surface area contributed by atoms with Gasteiger partial charge in [0.25, 0.3) is 0 Å². The number of aliphatic hydroxyl groups excluding tert-OH is 1. The summed E-state index contributed by atoms with van der Waals surface area (Å²) in [6.45, 7) is 5.31. The molecular weight excluding hydrogens is 310 g/mol. The lowest BCUT2D eigenvalue weighted by molar-refractivity contribution is 0.174. The molecule has 5 nitrogen and oxygen atoms in total. The van der Waals surface area contributed by atoms with Crippen molar-refractivity contribution in [1.82, 2.24) is 15.2 Å². The van der Waals surface area contributed by atoms with Crippen LogP contribution in [0, 0.1) is 13.8 Å². The van der Waals surface area contributed by atoms with E-state index in [0.717, 1.165) is 22.7 Å². The molecule has 0 radical (unpaired) electrons. The van der Waals surface area contributed by atoms with Crippen molar-refractivity contribution in [1.29, 1.82) is 0 Å². The topological polar surface area (TPSA) is 65.5 Å². The highest BCUT2D eigenvalue weighted by Gasteiger charge is 2.13. The molecule has 2 aromatic rings. The van der Waals surface area contributed by atoms with Gasteiger partial charge in [0.1, 0.15) is 0 Å². The summed E-state index contributed by atoms with van der Waals surface area (Å²) >= 11 is 1.67. The molecule has 0 spiro atoms. The monoisotopic (exact) mass is 333 g/mol. The van der Waals surface area contributed by atoms with E-state index in [0.29, 0.717) is 19.6 Å². The van der Waals surface area contributed by atoms with Crippen LogP contribution >= 0.6 is 11.3 Å². The molecule has 1 aromatic carbocycles. The number of aromatic nitrogens is 1. The second-order valence-electron chi connectivity index (χ2n) is 5.35. The number of rotatable bonds is 7. The lowest BCUT2D eigenvalue weighted by Crippen LogP contribution is -2.41. The Bertz CT molecular complexity index is 628. The second kappa shape index (κ2) is 8.64. The summed E-state index contributed by atoms with van der Waals surface area (Å²) in [5, 5.41) is 13.2. The number of aryl methyl sites for hydroxylation is 2. The number of hydrogen-bond acceptors (Lipinski definition) is 4. The van der Waals surface area contributed by atoms with E-state index in [-0.39, 0.29) is 12.6 Å². The molecule has 2 rings (SSSR count). The highest BCUT2D eigenvalue weighted by molar-refractivity contribution is 7.11. The number of carbonyl (C=O) groups is 1. The quantitative estimate of drug-likeness (QED) is 0.818. The molecule has 0 unspecified atom stereocenters. The van der Waals surface area contributed by atoms with E-state index in [9.17, 15) is 9.90 Å². The summed E-state index contributed by atoms with van der Waals surface area (Å²) in [7, 11) is 0. The van der Waals surface area contributed by atoms with E-state index < -0.39 is 0 Å². The summed E-state index contributed by atoms with van der Waals surface area (Å²) in [6.07, 6.45) is 0.779. The smallest absolute Gasteiger partial charge is 0.317 e. The summed E-state index contributed by atoms with van der Waals surface area (Å²) in [6, 6.07) is 9.63. The van der Waals surface area contributed by atoms with Gasteiger partial charge in [0.2, 0.25) is 0 Å². The van der Waals surface area contributed by atoms with Gasteiger partial charge in [0, 0.05) is 30.9 Å². The van der Waals surface area contributed by atoms with Gasteiger partial charge in [-0.05, 0) is 19.4 Å². The molecule has 2 N–H and O–H groups in total. The van der Waals surface area contributed by atoms with Crippen LogP contribution in [0.3, 0.4) is 0 Å². The minimum Gasteiger partial charge on any atom is -0.395 e. The lowest BCUT2D eigenvalue weighted by Gasteiger charge is -2.22. The third kappa shape index (κ3) is 5.33. The number of amides is 2. The van der Waals surface area contributed by atoms with Crippen LogP contribution in [0.4, 0.5) is 4.79 Å². The summed E-state index contributed by atoms with van der Waals surface area (Å²) in [4.78, 5) is 19.5. The van der Waals surface area contributed by atoms with Crippen LogP contribution in [0.1, 0.15) is 21.1 Å². The molecule has 1 heterocycles. The molecule has 0 bridgehead atoms. The summed E-state index contributed by atoms with van der Waals surface area (Å²) in [5.74, 6) is 0. The van der Waals surface area contributed by atoms with Crippen LogP contribution in [-0.2, 0) is 13.0 Å². The van der Waals surface area contributed by atoms with Crippen molar-refractivity contribution in [2.75, 3.05) is 19.7 Å². The average Bonchev–Trinajstić information content (AvgIpc) is 2.85. The molecule has 0 aliphatic heterocycles. The molecule has 2 amide bonds. The van der Waals surface area contributed by atoms with Gasteiger partial charge < -0.3 is 15.3 Å². The third-order valence-corrected chi connectivity index (χ3v) is 4.63. The van der Waals surface area contributed by atoms with Gasteiger partial charge in [-0.2, -0.15) is 0 Å². The van der Waals surface area contributed by atoms with E-state index in [4.69, 9.17) is 0 Å². The standard InChI is InChI=1S/C17H23N3O2S/c1-13-16(23-14(2)19-13)8-9-18-17(22)20(10-11-21)12-15-6-4-3-5-7-15/h3-7,21H,8-12H2,1-2H3,(H,18,22). The van der Waals surface area contributed by atoms with Gasteiger partial charge in [-0.15, -0.1) is 11.3 Å². The number of thiazole rings is 1. The summed E-state index contributed by atoms with van der Waals surface area (Å²) in [5.41, 5.74) is 2.09. The predicted molar refractivity (Wildman–Crippen MR) is 92.6 cm³/mol. The first-order valence-corrected chi connectivity index (χ1v) is 8.52. The molecule has 1 aromatic heterocycles. The van der Waals surface area contributed by atoms with Crippen molar-refractivity contribution in [2.45, 2.75) is 26.8 Å². The Balaban J connectivity index is 1.86. The van der Waals surface area contributed by atoms with Gasteiger partial charge in [0.05, 0.1) is 17.3 Å². The van der Waals surface area contributed by atoms with Gasteiger partial charge in [-0.25, -0.2) is 9.78 Å². The fourth-order valence-electron chi connectivity index (χ4n) is 2.38. The van der Waals surface area contributed by atoms with Gasteiger partial charge in [0.15, 0.2) is 0 Å². The second-order valence-corrected chi connectivity index (χ2v) is 6.64. The molecule has 124 valence electrons. The highest BCUT2D eigenvalue weighted by atomic mass is 32.1. The number of aliphatic hydroxyl groups is 1. The van der Waals surface area contributed by atoms with Crippen LogP contribution in [0.15, 0.2) is 30.3 Å². The predicted octanol–water partition coefficient (Wildman–Crippen LogP) is 2.51. The Morgan fingerprint density at radius 2 is 2.04 bits per heavy atom. The average molecular weight is 333 g/mol. The maximum atomic E-state index is 12.3. The normalized spacial score (nSPS) is 10.6. The maximum Gasteiger partial charge on any atom is 0.317 e. The Morgan fingerprint density at radius 3 is 2.65 bits per heavy atom. The summed E-state index contributed by atoms with van der Waals surface area (Å²) < 4.78 is 0. The van der Waals surface area contributed by atoms with Crippen molar-refractivity contribution < 1.29 is 9.90 Å². The van der Waals surface area contributed by atoms with Crippen molar-refractivity contribution in [3.63, 3.8) is 0 Å². The molecular formula is C17H23N3O2S. The SMILES string of the molecule is Cc1nc(C)c(CCNC(=O)N(CCO)Cc2ccccc2)s1. The van der Waals surface area contributed by atoms with E-state index in [1.54, 1.807) is 16.2 Å². The first kappa shape index (κ1) is 17.4. The van der Waals surface area contributed by atoms with Crippen LogP contribution < -0.4 is 5.32 Å². The highest BCUT2D eigenvalue weighted by Crippen LogP contribution is 2.17. The fraction of sp³-hybridized carbons (Fsp3) is 0.412. The molecule has 0 atom stereocenters. The zero-order valence-electron chi connectivity index (χ0n) is 13.6. The third-order valence-electron chi connectivity index (χ3n) is 3.50. The Kier molecular flexibility index (Phi) is 6.55. The maximum absolute atomic E-state index is 12.3. The number of carbonyl (C=O) groups excluding carboxylic acids is 1. The zero-order chi connectivity index (χ0) is 16.7. The first-order valence-electron chi connectivity index (χ1n) is 7.70. The molecule has 23 heavy (non-hydrogen) atoms. The van der Waals surface area contributed by atoms with Crippen molar-refractivity contribution in [2.24, 2.45) is 0 Å². The minimum absolute atomic E-state index is 0.0482. The van der Waals surface area contributed by atoms with Crippen LogP contribution in [-0.4, -0.2) is 40.7 Å². The number of hydrogen-bond donors (Lipinski definition) is 2. The molecule has 0 aliphatic rings. The number of nitrogens with zero attached hydrogens (tertiary/aromatic N) is 2. The molecule has 0 aliphatic carbocycles. The first-order chi connectivity index (χ1) is 11.1. The Morgan fingerprint density at radius 1 is 1.30 bits per heavy atom. The molecule has 0 saturated carbocycles.